The Balaban J connectivity index is 1.84. The lowest BCUT2D eigenvalue weighted by Gasteiger charge is -2.07. The number of aromatic nitrogens is 2. The van der Waals surface area contributed by atoms with Crippen LogP contribution >= 0.6 is 15.9 Å². The van der Waals surface area contributed by atoms with Gasteiger partial charge in [0.1, 0.15) is 11.5 Å². The van der Waals surface area contributed by atoms with Crippen LogP contribution in [0.3, 0.4) is 0 Å². The fourth-order valence-electron chi connectivity index (χ4n) is 1.94. The van der Waals surface area contributed by atoms with Gasteiger partial charge in [-0.25, -0.2) is 4.98 Å². The molecule has 0 saturated heterocycles. The van der Waals surface area contributed by atoms with Crippen LogP contribution in [0.25, 0.3) is 0 Å². The highest BCUT2D eigenvalue weighted by atomic mass is 79.9. The summed E-state index contributed by atoms with van der Waals surface area (Å²) in [7, 11) is 0. The third kappa shape index (κ3) is 2.68. The fourth-order valence-corrected chi connectivity index (χ4v) is 2.38. The Morgan fingerprint density at radius 2 is 2.26 bits per heavy atom. The van der Waals surface area contributed by atoms with Crippen LogP contribution in [0.5, 0.6) is 0 Å². The van der Waals surface area contributed by atoms with Gasteiger partial charge in [-0.2, -0.15) is 4.39 Å². The standard InChI is InChI=1S/C13H11BrFN3O/c14-8-6-10(18(7-8)9-4-5-9)13(19)17-12-3-1-2-11(15)16-12/h1-3,6-7,9H,4-5H2,(H,16,17,19). The van der Waals surface area contributed by atoms with Crippen LogP contribution in [0.15, 0.2) is 34.9 Å². The monoisotopic (exact) mass is 323 g/mol. The van der Waals surface area contributed by atoms with Crippen LogP contribution in [0.1, 0.15) is 29.4 Å². The molecule has 1 amide bonds. The lowest BCUT2D eigenvalue weighted by molar-refractivity contribution is 0.101. The molecule has 0 atom stereocenters. The molecule has 98 valence electrons. The maximum atomic E-state index is 13.0. The summed E-state index contributed by atoms with van der Waals surface area (Å²) in [5.41, 5.74) is 0.556. The molecule has 1 aliphatic rings. The van der Waals surface area contributed by atoms with E-state index in [1.807, 2.05) is 10.8 Å². The van der Waals surface area contributed by atoms with Crippen molar-refractivity contribution in [3.8, 4) is 0 Å². The quantitative estimate of drug-likeness (QED) is 0.880. The first-order chi connectivity index (χ1) is 9.13. The highest BCUT2D eigenvalue weighted by molar-refractivity contribution is 9.10. The molecule has 6 heteroatoms. The fraction of sp³-hybridized carbons (Fsp3) is 0.231. The zero-order valence-corrected chi connectivity index (χ0v) is 11.5. The van der Waals surface area contributed by atoms with Crippen LogP contribution in [0.4, 0.5) is 10.2 Å². The molecule has 19 heavy (non-hydrogen) atoms. The van der Waals surface area contributed by atoms with Crippen molar-refractivity contribution in [1.82, 2.24) is 9.55 Å². The van der Waals surface area contributed by atoms with Gasteiger partial charge in [-0.3, -0.25) is 4.79 Å². The number of rotatable bonds is 3. The summed E-state index contributed by atoms with van der Waals surface area (Å²) < 4.78 is 15.8. The maximum Gasteiger partial charge on any atom is 0.273 e. The minimum atomic E-state index is -0.614. The second-order valence-electron chi connectivity index (χ2n) is 4.48. The molecule has 0 unspecified atom stereocenters. The summed E-state index contributed by atoms with van der Waals surface area (Å²) in [5, 5.41) is 2.60. The summed E-state index contributed by atoms with van der Waals surface area (Å²) in [4.78, 5) is 15.8. The van der Waals surface area contributed by atoms with Gasteiger partial charge in [0, 0.05) is 16.7 Å². The predicted molar refractivity (Wildman–Crippen MR) is 72.6 cm³/mol. The van der Waals surface area contributed by atoms with Gasteiger partial charge in [0.05, 0.1) is 0 Å². The number of hydrogen-bond donors (Lipinski definition) is 1. The summed E-state index contributed by atoms with van der Waals surface area (Å²) in [6.07, 6.45) is 4.06. The first-order valence-corrected chi connectivity index (χ1v) is 6.74. The van der Waals surface area contributed by atoms with E-state index >= 15 is 0 Å². The molecule has 1 saturated carbocycles. The number of hydrogen-bond acceptors (Lipinski definition) is 2. The van der Waals surface area contributed by atoms with Gasteiger partial charge < -0.3 is 9.88 Å². The zero-order valence-electron chi connectivity index (χ0n) is 9.94. The van der Waals surface area contributed by atoms with Gasteiger partial charge in [-0.1, -0.05) is 6.07 Å². The highest BCUT2D eigenvalue weighted by Gasteiger charge is 2.27. The van der Waals surface area contributed by atoms with E-state index in [4.69, 9.17) is 0 Å². The molecule has 2 aromatic rings. The molecular weight excluding hydrogens is 313 g/mol. The number of nitrogens with zero attached hydrogens (tertiary/aromatic N) is 2. The van der Waals surface area contributed by atoms with Gasteiger partial charge in [0.25, 0.3) is 5.91 Å². The summed E-state index contributed by atoms with van der Waals surface area (Å²) in [5.74, 6) is -0.683. The van der Waals surface area contributed by atoms with Crippen LogP contribution < -0.4 is 5.32 Å². The van der Waals surface area contributed by atoms with E-state index in [2.05, 4.69) is 26.2 Å². The van der Waals surface area contributed by atoms with Crippen molar-refractivity contribution in [2.75, 3.05) is 5.32 Å². The number of pyridine rings is 1. The van der Waals surface area contributed by atoms with Crippen molar-refractivity contribution in [3.63, 3.8) is 0 Å². The average molecular weight is 324 g/mol. The molecule has 0 bridgehead atoms. The Morgan fingerprint density at radius 1 is 1.47 bits per heavy atom. The van der Waals surface area contributed by atoms with Crippen molar-refractivity contribution in [3.05, 3.63) is 46.6 Å². The zero-order chi connectivity index (χ0) is 13.4. The van der Waals surface area contributed by atoms with Gasteiger partial charge in [-0.05, 0) is 47.0 Å². The number of halogens is 2. The van der Waals surface area contributed by atoms with E-state index < -0.39 is 5.95 Å². The van der Waals surface area contributed by atoms with Crippen molar-refractivity contribution in [1.29, 1.82) is 0 Å². The first-order valence-electron chi connectivity index (χ1n) is 5.95. The second-order valence-corrected chi connectivity index (χ2v) is 5.40. The predicted octanol–water partition coefficient (Wildman–Crippen LogP) is 3.37. The molecule has 4 nitrogen and oxygen atoms in total. The Bertz CT molecular complexity index is 637. The largest absolute Gasteiger partial charge is 0.339 e. The number of amides is 1. The van der Waals surface area contributed by atoms with E-state index in [0.29, 0.717) is 11.7 Å². The van der Waals surface area contributed by atoms with Crippen molar-refractivity contribution in [2.45, 2.75) is 18.9 Å². The molecule has 1 N–H and O–H groups in total. The van der Waals surface area contributed by atoms with Gasteiger partial charge in [-0.15, -0.1) is 0 Å². The normalized spacial score (nSPS) is 14.4. The van der Waals surface area contributed by atoms with Gasteiger partial charge in [0.2, 0.25) is 5.95 Å². The Hall–Kier alpha value is -1.69. The number of nitrogens with one attached hydrogen (secondary N) is 1. The molecule has 3 rings (SSSR count). The molecule has 0 aliphatic heterocycles. The van der Waals surface area contributed by atoms with Gasteiger partial charge >= 0.3 is 0 Å². The highest BCUT2D eigenvalue weighted by Crippen LogP contribution is 2.37. The maximum absolute atomic E-state index is 13.0. The molecule has 1 fully saturated rings. The van der Waals surface area contributed by atoms with Crippen LogP contribution in [-0.2, 0) is 0 Å². The van der Waals surface area contributed by atoms with E-state index in [1.54, 1.807) is 12.1 Å². The van der Waals surface area contributed by atoms with Crippen molar-refractivity contribution >= 4 is 27.7 Å². The van der Waals surface area contributed by atoms with Crippen LogP contribution in [-0.4, -0.2) is 15.5 Å². The third-order valence-corrected chi connectivity index (χ3v) is 3.38. The van der Waals surface area contributed by atoms with E-state index in [9.17, 15) is 9.18 Å². The summed E-state index contributed by atoms with van der Waals surface area (Å²) >= 11 is 3.37. The van der Waals surface area contributed by atoms with Crippen molar-refractivity contribution in [2.24, 2.45) is 0 Å². The summed E-state index contributed by atoms with van der Waals surface area (Å²) in [6.45, 7) is 0. The lowest BCUT2D eigenvalue weighted by Crippen LogP contribution is -2.17. The number of anilines is 1. The summed E-state index contributed by atoms with van der Waals surface area (Å²) in [6, 6.07) is 6.45. The number of carbonyl (C=O) groups excluding carboxylic acids is 1. The van der Waals surface area contributed by atoms with E-state index in [-0.39, 0.29) is 11.7 Å². The Labute approximate surface area is 117 Å². The smallest absolute Gasteiger partial charge is 0.273 e. The van der Waals surface area contributed by atoms with E-state index in [1.165, 1.54) is 12.1 Å². The topological polar surface area (TPSA) is 46.9 Å². The molecule has 0 spiro atoms. The first kappa shape index (κ1) is 12.3. The lowest BCUT2D eigenvalue weighted by atomic mass is 10.3. The molecule has 0 radical (unpaired) electrons. The Kier molecular flexibility index (Phi) is 3.10. The minimum absolute atomic E-state index is 0.213. The average Bonchev–Trinajstić information content (AvgIpc) is 3.12. The second kappa shape index (κ2) is 4.77. The van der Waals surface area contributed by atoms with Gasteiger partial charge in [0.15, 0.2) is 0 Å². The Morgan fingerprint density at radius 3 is 2.95 bits per heavy atom. The SMILES string of the molecule is O=C(Nc1cccc(F)n1)c1cc(Br)cn1C1CC1. The molecule has 0 aromatic carbocycles. The van der Waals surface area contributed by atoms with Crippen LogP contribution in [0.2, 0.25) is 0 Å². The number of carbonyl (C=O) groups is 1. The van der Waals surface area contributed by atoms with Crippen LogP contribution in [0, 0.1) is 5.95 Å². The van der Waals surface area contributed by atoms with Crippen molar-refractivity contribution < 1.29 is 9.18 Å². The molecular formula is C13H11BrFN3O. The minimum Gasteiger partial charge on any atom is -0.339 e. The molecule has 2 aromatic heterocycles. The molecule has 1 aliphatic carbocycles. The third-order valence-electron chi connectivity index (χ3n) is 2.94. The van der Waals surface area contributed by atoms with E-state index in [0.717, 1.165) is 17.3 Å². The molecule has 2 heterocycles.